The van der Waals surface area contributed by atoms with Gasteiger partial charge in [0.2, 0.25) is 0 Å². The van der Waals surface area contributed by atoms with E-state index in [1.807, 2.05) is 18.2 Å². The molecule has 0 saturated carbocycles. The van der Waals surface area contributed by atoms with Gasteiger partial charge in [-0.05, 0) is 41.6 Å². The van der Waals surface area contributed by atoms with E-state index in [1.165, 1.54) is 17.7 Å². The Balaban J connectivity index is 1.99. The van der Waals surface area contributed by atoms with Crippen LogP contribution in [0, 0.1) is 23.5 Å². The zero-order valence-electron chi connectivity index (χ0n) is 13.2. The normalized spacial score (nSPS) is 10.5. The molecule has 0 aromatic heterocycles. The third-order valence-corrected chi connectivity index (χ3v) is 4.12. The van der Waals surface area contributed by atoms with Crippen LogP contribution < -0.4 is 0 Å². The van der Waals surface area contributed by atoms with Gasteiger partial charge in [0, 0.05) is 10.9 Å². The van der Waals surface area contributed by atoms with E-state index < -0.39 is 5.82 Å². The van der Waals surface area contributed by atoms with Gasteiger partial charge in [-0.15, -0.1) is 0 Å². The highest BCUT2D eigenvalue weighted by Crippen LogP contribution is 2.23. The van der Waals surface area contributed by atoms with Crippen molar-refractivity contribution in [2.45, 2.75) is 19.8 Å². The van der Waals surface area contributed by atoms with Gasteiger partial charge in [-0.2, -0.15) is 0 Å². The lowest BCUT2D eigenvalue weighted by molar-refractivity contribution is 0.628. The van der Waals surface area contributed by atoms with E-state index in [4.69, 9.17) is 11.6 Å². The molecule has 3 rings (SSSR count). The molecule has 0 nitrogen and oxygen atoms in total. The van der Waals surface area contributed by atoms with Crippen molar-refractivity contribution in [3.63, 3.8) is 0 Å². The number of fused-ring (bicyclic) bond motifs is 1. The number of aryl methyl sites for hydroxylation is 1. The molecule has 0 unspecified atom stereocenters. The Morgan fingerprint density at radius 1 is 0.958 bits per heavy atom. The van der Waals surface area contributed by atoms with Crippen molar-refractivity contribution < 1.29 is 8.78 Å². The molecular weight excluding hydrogens is 326 g/mol. The average Bonchev–Trinajstić information content (AvgIpc) is 2.57. The van der Waals surface area contributed by atoms with Crippen LogP contribution in [0.1, 0.15) is 30.0 Å². The van der Waals surface area contributed by atoms with Crippen LogP contribution in [-0.4, -0.2) is 0 Å². The Morgan fingerprint density at radius 3 is 2.54 bits per heavy atom. The van der Waals surface area contributed by atoms with Crippen molar-refractivity contribution in [2.24, 2.45) is 0 Å². The van der Waals surface area contributed by atoms with Crippen LogP contribution in [0.4, 0.5) is 8.78 Å². The first kappa shape index (κ1) is 16.5. The minimum atomic E-state index is -0.536. The molecule has 0 spiro atoms. The Morgan fingerprint density at radius 2 is 1.79 bits per heavy atom. The van der Waals surface area contributed by atoms with Crippen molar-refractivity contribution in [3.05, 3.63) is 81.9 Å². The molecule has 0 aliphatic rings. The summed E-state index contributed by atoms with van der Waals surface area (Å²) in [5.41, 5.74) is 1.94. The Hall–Kier alpha value is -2.37. The molecule has 0 heterocycles. The second-order valence-electron chi connectivity index (χ2n) is 5.61. The summed E-state index contributed by atoms with van der Waals surface area (Å²) in [6.07, 6.45) is 2.02. The highest BCUT2D eigenvalue weighted by atomic mass is 35.5. The number of halogens is 3. The predicted octanol–water partition coefficient (Wildman–Crippen LogP) is 6.12. The topological polar surface area (TPSA) is 0 Å². The smallest absolute Gasteiger partial charge is 0.146 e. The molecule has 120 valence electrons. The van der Waals surface area contributed by atoms with E-state index in [-0.39, 0.29) is 10.8 Å². The molecule has 3 heteroatoms. The number of rotatable bonds is 2. The van der Waals surface area contributed by atoms with Gasteiger partial charge in [-0.25, -0.2) is 8.78 Å². The predicted molar refractivity (Wildman–Crippen MR) is 95.3 cm³/mol. The van der Waals surface area contributed by atoms with Gasteiger partial charge in [-0.3, -0.25) is 0 Å². The molecule has 0 bridgehead atoms. The van der Waals surface area contributed by atoms with Gasteiger partial charge in [-0.1, -0.05) is 61.1 Å². The molecule has 3 aromatic rings. The number of hydrogen-bond acceptors (Lipinski definition) is 0. The van der Waals surface area contributed by atoms with Gasteiger partial charge in [0.05, 0.1) is 10.6 Å². The van der Waals surface area contributed by atoms with Crippen LogP contribution in [0.5, 0.6) is 0 Å². The molecule has 3 aromatic carbocycles. The second kappa shape index (κ2) is 7.03. The van der Waals surface area contributed by atoms with E-state index in [2.05, 4.69) is 18.8 Å². The standard InChI is InChI=1S/C21H15ClF2/c1-2-3-14-5-10-18-17(12-14)9-8-16(21(18)24)7-4-15-6-11-19(22)20(23)13-15/h5-6,8-13H,2-3H2,1H3. The summed E-state index contributed by atoms with van der Waals surface area (Å²) < 4.78 is 28.1. The summed E-state index contributed by atoms with van der Waals surface area (Å²) in [6.45, 7) is 2.11. The van der Waals surface area contributed by atoms with Crippen molar-refractivity contribution in [3.8, 4) is 11.8 Å². The maximum Gasteiger partial charge on any atom is 0.146 e. The fraction of sp³-hybridized carbons (Fsp3) is 0.143. The minimum absolute atomic E-state index is 0.0420. The minimum Gasteiger partial charge on any atom is -0.205 e. The van der Waals surface area contributed by atoms with Crippen molar-refractivity contribution in [1.82, 2.24) is 0 Å². The molecule has 0 saturated heterocycles. The summed E-state index contributed by atoms with van der Waals surface area (Å²) in [4.78, 5) is 0. The van der Waals surface area contributed by atoms with Crippen molar-refractivity contribution >= 4 is 22.4 Å². The van der Waals surface area contributed by atoms with Crippen LogP contribution in [0.2, 0.25) is 5.02 Å². The average molecular weight is 341 g/mol. The number of benzene rings is 3. The molecule has 0 amide bonds. The lowest BCUT2D eigenvalue weighted by Crippen LogP contribution is -1.89. The van der Waals surface area contributed by atoms with Gasteiger partial charge in [0.25, 0.3) is 0 Å². The molecule has 0 atom stereocenters. The molecular formula is C21H15ClF2. The Labute approximate surface area is 145 Å². The maximum absolute atomic E-state index is 14.6. The summed E-state index contributed by atoms with van der Waals surface area (Å²) in [5.74, 6) is 4.66. The quantitative estimate of drug-likeness (QED) is 0.493. The summed E-state index contributed by atoms with van der Waals surface area (Å²) >= 11 is 5.64. The monoisotopic (exact) mass is 340 g/mol. The SMILES string of the molecule is CCCc1ccc2c(F)c(C#Cc3ccc(Cl)c(F)c3)ccc2c1. The third kappa shape index (κ3) is 3.42. The Kier molecular flexibility index (Phi) is 4.83. The van der Waals surface area contributed by atoms with E-state index >= 15 is 0 Å². The summed E-state index contributed by atoms with van der Waals surface area (Å²) in [7, 11) is 0. The zero-order chi connectivity index (χ0) is 17.1. The molecule has 0 aliphatic heterocycles. The van der Waals surface area contributed by atoms with Crippen LogP contribution >= 0.6 is 11.6 Å². The zero-order valence-corrected chi connectivity index (χ0v) is 13.9. The van der Waals surface area contributed by atoms with E-state index in [9.17, 15) is 8.78 Å². The molecule has 24 heavy (non-hydrogen) atoms. The summed E-state index contributed by atoms with van der Waals surface area (Å²) in [5, 5.41) is 1.45. The lowest BCUT2D eigenvalue weighted by atomic mass is 10.0. The van der Waals surface area contributed by atoms with Gasteiger partial charge in [0.1, 0.15) is 11.6 Å². The molecule has 0 radical (unpaired) electrons. The first-order chi connectivity index (χ1) is 11.6. The third-order valence-electron chi connectivity index (χ3n) is 3.82. The highest BCUT2D eigenvalue weighted by Gasteiger charge is 2.06. The Bertz CT molecular complexity index is 965. The van der Waals surface area contributed by atoms with Crippen molar-refractivity contribution in [2.75, 3.05) is 0 Å². The fourth-order valence-electron chi connectivity index (χ4n) is 2.60. The van der Waals surface area contributed by atoms with Gasteiger partial charge in [0.15, 0.2) is 0 Å². The largest absolute Gasteiger partial charge is 0.205 e. The highest BCUT2D eigenvalue weighted by molar-refractivity contribution is 6.30. The van der Waals surface area contributed by atoms with Crippen molar-refractivity contribution in [1.29, 1.82) is 0 Å². The second-order valence-corrected chi connectivity index (χ2v) is 6.02. The van der Waals surface area contributed by atoms with Crippen LogP contribution in [0.3, 0.4) is 0 Å². The first-order valence-electron chi connectivity index (χ1n) is 7.76. The first-order valence-corrected chi connectivity index (χ1v) is 8.14. The summed E-state index contributed by atoms with van der Waals surface area (Å²) in [6, 6.07) is 13.6. The molecule has 0 N–H and O–H groups in total. The fourth-order valence-corrected chi connectivity index (χ4v) is 2.71. The van der Waals surface area contributed by atoms with E-state index in [0.717, 1.165) is 18.2 Å². The van der Waals surface area contributed by atoms with Crippen LogP contribution in [0.15, 0.2) is 48.5 Å². The number of hydrogen-bond donors (Lipinski definition) is 0. The van der Waals surface area contributed by atoms with Crippen LogP contribution in [0.25, 0.3) is 10.8 Å². The maximum atomic E-state index is 14.6. The molecule has 0 fully saturated rings. The molecule has 0 aliphatic carbocycles. The van der Waals surface area contributed by atoms with E-state index in [0.29, 0.717) is 16.5 Å². The van der Waals surface area contributed by atoms with Gasteiger partial charge < -0.3 is 0 Å². The van der Waals surface area contributed by atoms with Gasteiger partial charge >= 0.3 is 0 Å². The van der Waals surface area contributed by atoms with Crippen LogP contribution in [-0.2, 0) is 6.42 Å². The lowest BCUT2D eigenvalue weighted by Gasteiger charge is -2.05. The van der Waals surface area contributed by atoms with E-state index in [1.54, 1.807) is 18.2 Å².